The molecule has 2 unspecified atom stereocenters. The summed E-state index contributed by atoms with van der Waals surface area (Å²) in [7, 11) is 1.27. The third-order valence-corrected chi connectivity index (χ3v) is 3.78. The summed E-state index contributed by atoms with van der Waals surface area (Å²) in [5, 5.41) is 2.79. The first kappa shape index (κ1) is 15.7. The maximum atomic E-state index is 11.8. The number of ether oxygens (including phenoxy) is 1. The predicted octanol–water partition coefficient (Wildman–Crippen LogP) is 1.45. The Morgan fingerprint density at radius 3 is 2.11 bits per heavy atom. The van der Waals surface area contributed by atoms with Crippen LogP contribution in [0.5, 0.6) is 0 Å². The van der Waals surface area contributed by atoms with E-state index in [-0.39, 0.29) is 17.6 Å². The Morgan fingerprint density at radius 1 is 1.11 bits per heavy atom. The molecule has 0 aliphatic heterocycles. The Bertz CT molecular complexity index is 347. The van der Waals surface area contributed by atoms with Crippen molar-refractivity contribution in [1.82, 2.24) is 5.32 Å². The van der Waals surface area contributed by atoms with Gasteiger partial charge in [-0.2, -0.15) is 0 Å². The molecule has 0 saturated heterocycles. The summed E-state index contributed by atoms with van der Waals surface area (Å²) in [6.45, 7) is 2.78. The lowest BCUT2D eigenvalue weighted by Gasteiger charge is -2.33. The highest BCUT2D eigenvalue weighted by atomic mass is 16.5. The van der Waals surface area contributed by atoms with Gasteiger partial charge in [-0.1, -0.05) is 19.3 Å². The van der Waals surface area contributed by atoms with Gasteiger partial charge in [-0.25, -0.2) is 0 Å². The summed E-state index contributed by atoms with van der Waals surface area (Å²) in [6, 6.07) is -0.442. The van der Waals surface area contributed by atoms with Gasteiger partial charge < -0.3 is 10.1 Å². The van der Waals surface area contributed by atoms with Gasteiger partial charge in [0.15, 0.2) is 0 Å². The number of hydrogen-bond donors (Lipinski definition) is 1. The monoisotopic (exact) mass is 269 g/mol. The number of amides is 1. The van der Waals surface area contributed by atoms with Crippen LogP contribution in [0.1, 0.15) is 46.0 Å². The van der Waals surface area contributed by atoms with E-state index in [2.05, 4.69) is 5.32 Å². The van der Waals surface area contributed by atoms with Gasteiger partial charge in [0, 0.05) is 6.92 Å². The molecule has 1 amide bonds. The summed E-state index contributed by atoms with van der Waals surface area (Å²) in [5.74, 6) is -1.75. The Hall–Kier alpha value is -1.39. The molecule has 5 nitrogen and oxygen atoms in total. The van der Waals surface area contributed by atoms with Gasteiger partial charge in [-0.05, 0) is 25.7 Å². The van der Waals surface area contributed by atoms with E-state index in [1.54, 1.807) is 0 Å². The molecule has 0 aromatic heterocycles. The molecule has 0 aromatic rings. The Balaban J connectivity index is 2.94. The number of methoxy groups -OCH3 is 1. The third-order valence-electron chi connectivity index (χ3n) is 3.78. The van der Waals surface area contributed by atoms with E-state index in [4.69, 9.17) is 4.74 Å². The molecule has 1 N–H and O–H groups in total. The molecule has 0 heterocycles. The average Bonchev–Trinajstić information content (AvgIpc) is 2.37. The van der Waals surface area contributed by atoms with Gasteiger partial charge in [0.1, 0.15) is 11.7 Å². The molecule has 108 valence electrons. The van der Waals surface area contributed by atoms with Gasteiger partial charge in [0.05, 0.1) is 13.2 Å². The molecule has 1 rings (SSSR count). The highest BCUT2D eigenvalue weighted by molar-refractivity contribution is 5.99. The number of esters is 1. The second-order valence-electron chi connectivity index (χ2n) is 5.24. The topological polar surface area (TPSA) is 72.5 Å². The van der Waals surface area contributed by atoms with Crippen molar-refractivity contribution in [1.29, 1.82) is 0 Å². The fourth-order valence-electron chi connectivity index (χ4n) is 2.89. The molecule has 0 radical (unpaired) electrons. The first-order valence-corrected chi connectivity index (χ1v) is 6.82. The van der Waals surface area contributed by atoms with Gasteiger partial charge in [0.25, 0.3) is 0 Å². The summed E-state index contributed by atoms with van der Waals surface area (Å²) < 4.78 is 4.72. The minimum atomic E-state index is -0.892. The maximum absolute atomic E-state index is 11.8. The van der Waals surface area contributed by atoms with E-state index in [0.717, 1.165) is 25.7 Å². The minimum absolute atomic E-state index is 0.172. The number of rotatable bonds is 5. The molecular formula is C14H23NO4. The van der Waals surface area contributed by atoms with Gasteiger partial charge >= 0.3 is 5.97 Å². The lowest BCUT2D eigenvalue weighted by molar-refractivity contribution is -0.151. The number of carbonyl (C=O) groups excluding carboxylic acids is 3. The van der Waals surface area contributed by atoms with Gasteiger partial charge in [0.2, 0.25) is 5.91 Å². The summed E-state index contributed by atoms with van der Waals surface area (Å²) in [6.07, 6.45) is 5.20. The van der Waals surface area contributed by atoms with E-state index >= 15 is 0 Å². The number of Topliss-reactive ketones (excluding diaryl/α,β-unsaturated/α-hetero) is 1. The van der Waals surface area contributed by atoms with Crippen LogP contribution in [0.2, 0.25) is 0 Å². The molecule has 0 spiro atoms. The lowest BCUT2D eigenvalue weighted by Crippen LogP contribution is -2.50. The molecule has 1 fully saturated rings. The number of hydrogen-bond acceptors (Lipinski definition) is 4. The highest BCUT2D eigenvalue weighted by Crippen LogP contribution is 2.30. The van der Waals surface area contributed by atoms with Crippen molar-refractivity contribution in [3.63, 3.8) is 0 Å². The molecule has 19 heavy (non-hydrogen) atoms. The fourth-order valence-corrected chi connectivity index (χ4v) is 2.89. The molecule has 5 heteroatoms. The van der Waals surface area contributed by atoms with E-state index in [1.165, 1.54) is 27.4 Å². The van der Waals surface area contributed by atoms with Crippen molar-refractivity contribution in [2.24, 2.45) is 11.8 Å². The van der Waals surface area contributed by atoms with Crippen LogP contribution in [0.25, 0.3) is 0 Å². The second-order valence-corrected chi connectivity index (χ2v) is 5.24. The Kier molecular flexibility index (Phi) is 5.99. The van der Waals surface area contributed by atoms with Crippen LogP contribution in [-0.2, 0) is 19.1 Å². The fraction of sp³-hybridized carbons (Fsp3) is 0.786. The highest BCUT2D eigenvalue weighted by Gasteiger charge is 2.39. The van der Waals surface area contributed by atoms with Crippen LogP contribution >= 0.6 is 0 Å². The molecule has 1 aliphatic rings. The number of nitrogens with one attached hydrogen (secondary N) is 1. The zero-order chi connectivity index (χ0) is 14.4. The summed E-state index contributed by atoms with van der Waals surface area (Å²) in [4.78, 5) is 34.9. The predicted molar refractivity (Wildman–Crippen MR) is 70.4 cm³/mol. The molecule has 1 saturated carbocycles. The van der Waals surface area contributed by atoms with Crippen molar-refractivity contribution >= 4 is 17.7 Å². The van der Waals surface area contributed by atoms with Crippen molar-refractivity contribution in [2.75, 3.05) is 7.11 Å². The first-order valence-electron chi connectivity index (χ1n) is 6.82. The lowest BCUT2D eigenvalue weighted by atomic mass is 9.77. The molecule has 2 atom stereocenters. The molecule has 0 aromatic carbocycles. The zero-order valence-corrected chi connectivity index (χ0v) is 11.9. The van der Waals surface area contributed by atoms with Crippen molar-refractivity contribution < 1.29 is 19.1 Å². The third kappa shape index (κ3) is 4.33. The summed E-state index contributed by atoms with van der Waals surface area (Å²) in [5.41, 5.74) is 0. The van der Waals surface area contributed by atoms with Crippen molar-refractivity contribution in [2.45, 2.75) is 52.0 Å². The maximum Gasteiger partial charge on any atom is 0.318 e. The smallest absolute Gasteiger partial charge is 0.318 e. The van der Waals surface area contributed by atoms with E-state index in [0.29, 0.717) is 0 Å². The van der Waals surface area contributed by atoms with E-state index in [9.17, 15) is 14.4 Å². The standard InChI is InChI=1S/C14H23NO4/c1-9(16)12(14(18)19-3)13(15-10(2)17)11-7-5-4-6-8-11/h11-13H,4-8H2,1-3H3,(H,15,17). The van der Waals surface area contributed by atoms with Crippen LogP contribution < -0.4 is 5.32 Å². The van der Waals surface area contributed by atoms with Crippen LogP contribution in [-0.4, -0.2) is 30.8 Å². The number of ketones is 1. The van der Waals surface area contributed by atoms with Crippen molar-refractivity contribution in [3.8, 4) is 0 Å². The van der Waals surface area contributed by atoms with E-state index in [1.807, 2.05) is 0 Å². The Labute approximate surface area is 114 Å². The van der Waals surface area contributed by atoms with Gasteiger partial charge in [-0.15, -0.1) is 0 Å². The van der Waals surface area contributed by atoms with Gasteiger partial charge in [-0.3, -0.25) is 14.4 Å². The normalized spacial score (nSPS) is 19.3. The minimum Gasteiger partial charge on any atom is -0.468 e. The molecule has 0 bridgehead atoms. The summed E-state index contributed by atoms with van der Waals surface area (Å²) >= 11 is 0. The first-order chi connectivity index (χ1) is 8.97. The van der Waals surface area contributed by atoms with Crippen LogP contribution in [0.15, 0.2) is 0 Å². The zero-order valence-electron chi connectivity index (χ0n) is 11.9. The SMILES string of the molecule is COC(=O)C(C(C)=O)C(NC(C)=O)C1CCCCC1. The van der Waals surface area contributed by atoms with Crippen LogP contribution in [0, 0.1) is 11.8 Å². The number of carbonyl (C=O) groups is 3. The van der Waals surface area contributed by atoms with Crippen LogP contribution in [0.3, 0.4) is 0 Å². The quantitative estimate of drug-likeness (QED) is 0.605. The average molecular weight is 269 g/mol. The van der Waals surface area contributed by atoms with E-state index < -0.39 is 17.9 Å². The van der Waals surface area contributed by atoms with Crippen molar-refractivity contribution in [3.05, 3.63) is 0 Å². The molecular weight excluding hydrogens is 246 g/mol. The van der Waals surface area contributed by atoms with Crippen LogP contribution in [0.4, 0.5) is 0 Å². The largest absolute Gasteiger partial charge is 0.468 e. The Morgan fingerprint density at radius 2 is 1.68 bits per heavy atom. The second kappa shape index (κ2) is 7.26. The molecule has 1 aliphatic carbocycles.